The van der Waals surface area contributed by atoms with Gasteiger partial charge in [0.05, 0.1) is 13.2 Å². The molecule has 124 valence electrons. The zero-order valence-corrected chi connectivity index (χ0v) is 13.8. The number of nitrogens with one attached hydrogen (secondary N) is 1. The van der Waals surface area contributed by atoms with Crippen molar-refractivity contribution < 1.29 is 9.47 Å². The van der Waals surface area contributed by atoms with E-state index in [1.54, 1.807) is 13.2 Å². The number of para-hydroxylation sites is 1. The molecule has 0 unspecified atom stereocenters. The van der Waals surface area contributed by atoms with Crippen molar-refractivity contribution in [3.05, 3.63) is 47.7 Å². The van der Waals surface area contributed by atoms with Crippen molar-refractivity contribution in [3.8, 4) is 17.6 Å². The monoisotopic (exact) mass is 323 g/mol. The third-order valence-corrected chi connectivity index (χ3v) is 4.19. The number of ether oxygens (including phenoxy) is 2. The fraction of sp³-hybridized carbons (Fsp3) is 0.368. The zero-order valence-electron chi connectivity index (χ0n) is 13.8. The SMILES string of the molecule is COc1cccc(CNc2cccc(C#N)n2)c1OC1CCCC1. The number of hydrogen-bond acceptors (Lipinski definition) is 5. The van der Waals surface area contributed by atoms with E-state index in [-0.39, 0.29) is 6.10 Å². The molecule has 0 amide bonds. The predicted molar refractivity (Wildman–Crippen MR) is 92.2 cm³/mol. The molecule has 1 aliphatic carbocycles. The molecule has 0 aliphatic heterocycles. The lowest BCUT2D eigenvalue weighted by molar-refractivity contribution is 0.199. The van der Waals surface area contributed by atoms with Gasteiger partial charge in [0.25, 0.3) is 0 Å². The van der Waals surface area contributed by atoms with Gasteiger partial charge in [0.1, 0.15) is 17.6 Å². The van der Waals surface area contributed by atoms with Crippen molar-refractivity contribution in [1.82, 2.24) is 4.98 Å². The van der Waals surface area contributed by atoms with Crippen LogP contribution >= 0.6 is 0 Å². The van der Waals surface area contributed by atoms with Crippen LogP contribution in [0.15, 0.2) is 36.4 Å². The van der Waals surface area contributed by atoms with Crippen molar-refractivity contribution in [1.29, 1.82) is 5.26 Å². The van der Waals surface area contributed by atoms with Crippen LogP contribution in [0.1, 0.15) is 36.9 Å². The topological polar surface area (TPSA) is 67.2 Å². The highest BCUT2D eigenvalue weighted by Gasteiger charge is 2.20. The minimum atomic E-state index is 0.264. The summed E-state index contributed by atoms with van der Waals surface area (Å²) < 4.78 is 11.7. The molecule has 1 saturated carbocycles. The summed E-state index contributed by atoms with van der Waals surface area (Å²) in [5.74, 6) is 2.22. The molecule has 1 aromatic carbocycles. The molecule has 5 nitrogen and oxygen atoms in total. The summed E-state index contributed by atoms with van der Waals surface area (Å²) in [4.78, 5) is 4.24. The second kappa shape index (κ2) is 7.69. The van der Waals surface area contributed by atoms with Crippen LogP contribution in [0.4, 0.5) is 5.82 Å². The zero-order chi connectivity index (χ0) is 16.8. The molecule has 5 heteroatoms. The first-order valence-corrected chi connectivity index (χ1v) is 8.23. The van der Waals surface area contributed by atoms with Crippen LogP contribution in [0, 0.1) is 11.3 Å². The molecule has 3 rings (SSSR count). The van der Waals surface area contributed by atoms with E-state index in [4.69, 9.17) is 14.7 Å². The second-order valence-electron chi connectivity index (χ2n) is 5.85. The lowest BCUT2D eigenvalue weighted by Gasteiger charge is -2.19. The van der Waals surface area contributed by atoms with Crippen LogP contribution in [0.3, 0.4) is 0 Å². The van der Waals surface area contributed by atoms with E-state index in [0.717, 1.165) is 29.9 Å². The number of nitrogens with zero attached hydrogens (tertiary/aromatic N) is 2. The van der Waals surface area contributed by atoms with Crippen molar-refractivity contribution in [2.45, 2.75) is 38.3 Å². The normalized spacial score (nSPS) is 14.2. The molecular formula is C19H21N3O2. The van der Waals surface area contributed by atoms with Crippen LogP contribution in [0.25, 0.3) is 0 Å². The summed E-state index contributed by atoms with van der Waals surface area (Å²) in [7, 11) is 1.66. The van der Waals surface area contributed by atoms with Gasteiger partial charge < -0.3 is 14.8 Å². The van der Waals surface area contributed by atoms with Crippen LogP contribution < -0.4 is 14.8 Å². The van der Waals surface area contributed by atoms with E-state index in [1.165, 1.54) is 12.8 Å². The van der Waals surface area contributed by atoms with Gasteiger partial charge >= 0.3 is 0 Å². The molecule has 0 atom stereocenters. The molecule has 1 heterocycles. The Balaban J connectivity index is 1.77. The summed E-state index contributed by atoms with van der Waals surface area (Å²) in [5.41, 5.74) is 1.42. The molecule has 0 saturated heterocycles. The standard InChI is InChI=1S/C19H21N3O2/c1-23-17-10-4-6-14(19(17)24-16-8-2-3-9-16)13-21-18-11-5-7-15(12-20)22-18/h4-7,10-11,16H,2-3,8-9,13H2,1H3,(H,21,22). The quantitative estimate of drug-likeness (QED) is 0.873. The lowest BCUT2D eigenvalue weighted by Crippen LogP contribution is -2.14. The Morgan fingerprint density at radius 1 is 1.21 bits per heavy atom. The minimum absolute atomic E-state index is 0.264. The molecule has 0 radical (unpaired) electrons. The number of benzene rings is 1. The summed E-state index contributed by atoms with van der Waals surface area (Å²) in [5, 5.41) is 12.2. The van der Waals surface area contributed by atoms with E-state index in [1.807, 2.05) is 36.4 Å². The van der Waals surface area contributed by atoms with Crippen molar-refractivity contribution in [2.24, 2.45) is 0 Å². The highest BCUT2D eigenvalue weighted by Crippen LogP contribution is 2.35. The van der Waals surface area contributed by atoms with Gasteiger partial charge in [-0.05, 0) is 43.9 Å². The Bertz CT molecular complexity index is 734. The lowest BCUT2D eigenvalue weighted by atomic mass is 10.1. The molecule has 1 N–H and O–H groups in total. The van der Waals surface area contributed by atoms with Gasteiger partial charge in [-0.15, -0.1) is 0 Å². The van der Waals surface area contributed by atoms with Gasteiger partial charge in [-0.25, -0.2) is 4.98 Å². The van der Waals surface area contributed by atoms with Gasteiger partial charge in [-0.3, -0.25) is 0 Å². The van der Waals surface area contributed by atoms with E-state index in [9.17, 15) is 0 Å². The number of aromatic nitrogens is 1. The Hall–Kier alpha value is -2.74. The fourth-order valence-electron chi connectivity index (χ4n) is 2.95. The molecule has 0 spiro atoms. The van der Waals surface area contributed by atoms with Crippen LogP contribution in [0.5, 0.6) is 11.5 Å². The Labute approximate surface area is 142 Å². The highest BCUT2D eigenvalue weighted by atomic mass is 16.5. The van der Waals surface area contributed by atoms with Gasteiger partial charge in [-0.1, -0.05) is 18.2 Å². The summed E-state index contributed by atoms with van der Waals surface area (Å²) >= 11 is 0. The number of rotatable bonds is 6. The van der Waals surface area contributed by atoms with Crippen molar-refractivity contribution in [2.75, 3.05) is 12.4 Å². The maximum absolute atomic E-state index is 8.94. The molecule has 0 bridgehead atoms. The van der Waals surface area contributed by atoms with Gasteiger partial charge in [-0.2, -0.15) is 5.26 Å². The highest BCUT2D eigenvalue weighted by molar-refractivity contribution is 5.49. The molecule has 1 fully saturated rings. The van der Waals surface area contributed by atoms with Crippen LogP contribution in [-0.2, 0) is 6.54 Å². The van der Waals surface area contributed by atoms with Crippen LogP contribution in [-0.4, -0.2) is 18.2 Å². The summed E-state index contributed by atoms with van der Waals surface area (Å²) in [6.07, 6.45) is 4.89. The molecule has 1 aliphatic rings. The Kier molecular flexibility index (Phi) is 5.17. The smallest absolute Gasteiger partial charge is 0.166 e. The van der Waals surface area contributed by atoms with Crippen molar-refractivity contribution >= 4 is 5.82 Å². The minimum Gasteiger partial charge on any atom is -0.493 e. The maximum Gasteiger partial charge on any atom is 0.166 e. The largest absolute Gasteiger partial charge is 0.493 e. The Morgan fingerprint density at radius 3 is 2.75 bits per heavy atom. The Morgan fingerprint density at radius 2 is 2.00 bits per heavy atom. The number of hydrogen-bond donors (Lipinski definition) is 1. The number of pyridine rings is 1. The molecule has 2 aromatic rings. The summed E-state index contributed by atoms with van der Waals surface area (Å²) in [6, 6.07) is 13.3. The van der Waals surface area contributed by atoms with Crippen molar-refractivity contribution in [3.63, 3.8) is 0 Å². The summed E-state index contributed by atoms with van der Waals surface area (Å²) in [6.45, 7) is 0.557. The average Bonchev–Trinajstić information content (AvgIpc) is 3.14. The first-order valence-electron chi connectivity index (χ1n) is 8.23. The van der Waals surface area contributed by atoms with Crippen LogP contribution in [0.2, 0.25) is 0 Å². The fourth-order valence-corrected chi connectivity index (χ4v) is 2.95. The molecule has 24 heavy (non-hydrogen) atoms. The van der Waals surface area contributed by atoms with Gasteiger partial charge in [0.2, 0.25) is 0 Å². The van der Waals surface area contributed by atoms with E-state index in [2.05, 4.69) is 10.3 Å². The second-order valence-corrected chi connectivity index (χ2v) is 5.85. The first kappa shape index (κ1) is 16.1. The van der Waals surface area contributed by atoms with E-state index >= 15 is 0 Å². The third kappa shape index (κ3) is 3.77. The number of anilines is 1. The first-order chi connectivity index (χ1) is 11.8. The average molecular weight is 323 g/mol. The van der Waals surface area contributed by atoms with E-state index in [0.29, 0.717) is 18.1 Å². The molecule has 1 aromatic heterocycles. The maximum atomic E-state index is 8.94. The predicted octanol–water partition coefficient (Wildman–Crippen LogP) is 3.90. The van der Waals surface area contributed by atoms with E-state index < -0.39 is 0 Å². The van der Waals surface area contributed by atoms with Gasteiger partial charge in [0, 0.05) is 12.1 Å². The van der Waals surface area contributed by atoms with Gasteiger partial charge in [0.15, 0.2) is 11.5 Å². The number of nitriles is 1. The third-order valence-electron chi connectivity index (χ3n) is 4.19. The molecular weight excluding hydrogens is 302 g/mol. The number of methoxy groups -OCH3 is 1.